The number of nitrogens with zero attached hydrogens (tertiary/aromatic N) is 3. The van der Waals surface area contributed by atoms with Crippen molar-refractivity contribution in [3.05, 3.63) is 18.5 Å². The largest absolute Gasteiger partial charge is 0.374 e. The van der Waals surface area contributed by atoms with Gasteiger partial charge in [0.1, 0.15) is 6.10 Å². The molecule has 0 unspecified atom stereocenters. The SMILES string of the molecule is c1cnn(CCCO[C@@H]2CN(C3CCC3)[C@H]3CCCO[C@@H]23)c1. The van der Waals surface area contributed by atoms with Gasteiger partial charge in [-0.25, -0.2) is 0 Å². The molecule has 1 aliphatic carbocycles. The summed E-state index contributed by atoms with van der Waals surface area (Å²) in [6.45, 7) is 3.71. The summed E-state index contributed by atoms with van der Waals surface area (Å²) in [5, 5.41) is 4.23. The first-order valence-electron chi connectivity index (χ1n) is 8.88. The highest BCUT2D eigenvalue weighted by Gasteiger charge is 2.47. The highest BCUT2D eigenvalue weighted by Crippen LogP contribution is 2.37. The Morgan fingerprint density at radius 2 is 2.18 bits per heavy atom. The first-order valence-corrected chi connectivity index (χ1v) is 8.88. The van der Waals surface area contributed by atoms with Gasteiger partial charge in [0.2, 0.25) is 0 Å². The fourth-order valence-electron chi connectivity index (χ4n) is 4.12. The van der Waals surface area contributed by atoms with Gasteiger partial charge in [-0.05, 0) is 38.2 Å². The number of fused-ring (bicyclic) bond motifs is 1. The topological polar surface area (TPSA) is 39.5 Å². The minimum atomic E-state index is 0.267. The van der Waals surface area contributed by atoms with Crippen LogP contribution in [0.1, 0.15) is 38.5 Å². The number of hydrogen-bond donors (Lipinski definition) is 0. The molecule has 0 aromatic carbocycles. The molecule has 3 fully saturated rings. The maximum Gasteiger partial charge on any atom is 0.100 e. The van der Waals surface area contributed by atoms with Crippen LogP contribution in [0.2, 0.25) is 0 Å². The van der Waals surface area contributed by atoms with Crippen molar-refractivity contribution in [2.24, 2.45) is 0 Å². The minimum absolute atomic E-state index is 0.267. The highest BCUT2D eigenvalue weighted by molar-refractivity contribution is 5.01. The average molecular weight is 305 g/mol. The Labute approximate surface area is 132 Å². The van der Waals surface area contributed by atoms with E-state index >= 15 is 0 Å². The molecule has 4 rings (SSSR count). The van der Waals surface area contributed by atoms with Crippen LogP contribution in [0, 0.1) is 0 Å². The predicted octanol–water partition coefficient (Wildman–Crippen LogP) is 2.07. The molecule has 0 amide bonds. The van der Waals surface area contributed by atoms with E-state index in [1.807, 2.05) is 23.1 Å². The molecule has 5 heteroatoms. The van der Waals surface area contributed by atoms with E-state index in [2.05, 4.69) is 10.00 Å². The van der Waals surface area contributed by atoms with Crippen molar-refractivity contribution in [2.45, 2.75) is 69.4 Å². The van der Waals surface area contributed by atoms with Crippen molar-refractivity contribution in [1.29, 1.82) is 0 Å². The first kappa shape index (κ1) is 14.7. The normalized spacial score (nSPS) is 32.8. The van der Waals surface area contributed by atoms with Gasteiger partial charge in [-0.3, -0.25) is 9.58 Å². The zero-order chi connectivity index (χ0) is 14.8. The van der Waals surface area contributed by atoms with Crippen molar-refractivity contribution in [3.63, 3.8) is 0 Å². The molecule has 2 aliphatic heterocycles. The van der Waals surface area contributed by atoms with Crippen LogP contribution in [0.5, 0.6) is 0 Å². The summed E-state index contributed by atoms with van der Waals surface area (Å²) >= 11 is 0. The third-order valence-corrected chi connectivity index (χ3v) is 5.48. The fraction of sp³-hybridized carbons (Fsp3) is 0.824. The number of rotatable bonds is 6. The Kier molecular flexibility index (Phi) is 4.46. The van der Waals surface area contributed by atoms with Crippen LogP contribution in [-0.4, -0.2) is 58.7 Å². The molecular formula is C17H27N3O2. The molecule has 1 aromatic heterocycles. The highest BCUT2D eigenvalue weighted by atomic mass is 16.5. The lowest BCUT2D eigenvalue weighted by molar-refractivity contribution is -0.0800. The average Bonchev–Trinajstić information content (AvgIpc) is 3.11. The first-order chi connectivity index (χ1) is 10.9. The van der Waals surface area contributed by atoms with E-state index in [1.165, 1.54) is 32.1 Å². The molecule has 0 bridgehead atoms. The monoisotopic (exact) mass is 305 g/mol. The maximum absolute atomic E-state index is 6.21. The van der Waals surface area contributed by atoms with Gasteiger partial charge in [0.15, 0.2) is 0 Å². The predicted molar refractivity (Wildman–Crippen MR) is 83.7 cm³/mol. The lowest BCUT2D eigenvalue weighted by atomic mass is 9.90. The molecule has 1 aromatic rings. The van der Waals surface area contributed by atoms with Crippen LogP contribution < -0.4 is 0 Å². The number of ether oxygens (including phenoxy) is 2. The van der Waals surface area contributed by atoms with Crippen molar-refractivity contribution < 1.29 is 9.47 Å². The molecule has 22 heavy (non-hydrogen) atoms. The molecule has 0 spiro atoms. The molecule has 0 radical (unpaired) electrons. The van der Waals surface area contributed by atoms with Crippen LogP contribution in [-0.2, 0) is 16.0 Å². The second-order valence-corrected chi connectivity index (χ2v) is 6.86. The third-order valence-electron chi connectivity index (χ3n) is 5.48. The number of aromatic nitrogens is 2. The number of likely N-dealkylation sites (tertiary alicyclic amines) is 1. The lowest BCUT2D eigenvalue weighted by Crippen LogP contribution is -2.47. The smallest absolute Gasteiger partial charge is 0.100 e. The van der Waals surface area contributed by atoms with Gasteiger partial charge in [0.05, 0.1) is 6.10 Å². The van der Waals surface area contributed by atoms with E-state index < -0.39 is 0 Å². The Morgan fingerprint density at radius 1 is 1.23 bits per heavy atom. The lowest BCUT2D eigenvalue weighted by Gasteiger charge is -2.40. The summed E-state index contributed by atoms with van der Waals surface area (Å²) in [6, 6.07) is 3.37. The molecule has 3 heterocycles. The zero-order valence-electron chi connectivity index (χ0n) is 13.3. The van der Waals surface area contributed by atoms with E-state index in [4.69, 9.17) is 9.47 Å². The molecule has 5 nitrogen and oxygen atoms in total. The van der Waals surface area contributed by atoms with Gasteiger partial charge in [0, 0.05) is 50.8 Å². The van der Waals surface area contributed by atoms with Gasteiger partial charge in [-0.2, -0.15) is 5.10 Å². The summed E-state index contributed by atoms with van der Waals surface area (Å²) in [5.41, 5.74) is 0. The van der Waals surface area contributed by atoms with Crippen LogP contribution in [0.4, 0.5) is 0 Å². The zero-order valence-corrected chi connectivity index (χ0v) is 13.3. The molecule has 0 N–H and O–H groups in total. The fourth-order valence-corrected chi connectivity index (χ4v) is 4.12. The van der Waals surface area contributed by atoms with E-state index in [9.17, 15) is 0 Å². The summed E-state index contributed by atoms with van der Waals surface area (Å²) in [6.07, 6.45) is 12.0. The van der Waals surface area contributed by atoms with Crippen molar-refractivity contribution in [2.75, 3.05) is 19.8 Å². The molecule has 3 aliphatic rings. The molecule has 3 atom stereocenters. The van der Waals surface area contributed by atoms with Crippen LogP contribution >= 0.6 is 0 Å². The van der Waals surface area contributed by atoms with Gasteiger partial charge in [0.25, 0.3) is 0 Å². The van der Waals surface area contributed by atoms with Crippen molar-refractivity contribution >= 4 is 0 Å². The van der Waals surface area contributed by atoms with Crippen LogP contribution in [0.25, 0.3) is 0 Å². The maximum atomic E-state index is 6.21. The van der Waals surface area contributed by atoms with E-state index in [0.29, 0.717) is 12.1 Å². The Bertz CT molecular complexity index is 460. The summed E-state index contributed by atoms with van der Waals surface area (Å²) in [5.74, 6) is 0. The van der Waals surface area contributed by atoms with E-state index in [0.717, 1.165) is 38.8 Å². The molecule has 2 saturated heterocycles. The van der Waals surface area contributed by atoms with E-state index in [-0.39, 0.29) is 6.10 Å². The van der Waals surface area contributed by atoms with Gasteiger partial charge >= 0.3 is 0 Å². The standard InChI is InChI=1S/C17H27N3O2/c1-5-14(6-1)20-13-16(17-15(20)7-2-11-22-17)21-12-4-10-19-9-3-8-18-19/h3,8-9,14-17H,1-2,4-7,10-13H2/t15-,16+,17+/m0/s1. The molecular weight excluding hydrogens is 278 g/mol. The van der Waals surface area contributed by atoms with Crippen molar-refractivity contribution in [3.8, 4) is 0 Å². The van der Waals surface area contributed by atoms with Crippen molar-refractivity contribution in [1.82, 2.24) is 14.7 Å². The summed E-state index contributed by atoms with van der Waals surface area (Å²) in [7, 11) is 0. The Morgan fingerprint density at radius 3 is 2.95 bits per heavy atom. The Hall–Kier alpha value is -0.910. The second kappa shape index (κ2) is 6.69. The quantitative estimate of drug-likeness (QED) is 0.754. The third kappa shape index (κ3) is 2.94. The number of hydrogen-bond acceptors (Lipinski definition) is 4. The minimum Gasteiger partial charge on any atom is -0.374 e. The number of aryl methyl sites for hydroxylation is 1. The summed E-state index contributed by atoms with van der Waals surface area (Å²) < 4.78 is 14.3. The Balaban J connectivity index is 1.28. The van der Waals surface area contributed by atoms with Crippen LogP contribution in [0.15, 0.2) is 18.5 Å². The molecule has 1 saturated carbocycles. The van der Waals surface area contributed by atoms with Gasteiger partial charge in [-0.15, -0.1) is 0 Å². The second-order valence-electron chi connectivity index (χ2n) is 6.86. The van der Waals surface area contributed by atoms with Gasteiger partial charge in [-0.1, -0.05) is 6.42 Å². The van der Waals surface area contributed by atoms with Crippen LogP contribution in [0.3, 0.4) is 0 Å². The molecule has 122 valence electrons. The summed E-state index contributed by atoms with van der Waals surface area (Å²) in [4.78, 5) is 2.70. The van der Waals surface area contributed by atoms with E-state index in [1.54, 1.807) is 0 Å². The van der Waals surface area contributed by atoms with Gasteiger partial charge < -0.3 is 9.47 Å².